The van der Waals surface area contributed by atoms with Gasteiger partial charge in [-0.3, -0.25) is 4.90 Å². The summed E-state index contributed by atoms with van der Waals surface area (Å²) in [6, 6.07) is 0. The van der Waals surface area contributed by atoms with Crippen LogP contribution in [-0.2, 0) is 11.3 Å². The van der Waals surface area contributed by atoms with E-state index in [9.17, 15) is 0 Å². The molecule has 0 unspecified atom stereocenters. The van der Waals surface area contributed by atoms with Crippen LogP contribution in [0.1, 0.15) is 5.69 Å². The van der Waals surface area contributed by atoms with Gasteiger partial charge >= 0.3 is 0 Å². The predicted molar refractivity (Wildman–Crippen MR) is 42.6 cm³/mol. The maximum atomic E-state index is 5.23. The predicted octanol–water partition coefficient (Wildman–Crippen LogP) is 0.507. The van der Waals surface area contributed by atoms with Gasteiger partial charge in [0.2, 0.25) is 0 Å². The number of morpholine rings is 1. The van der Waals surface area contributed by atoms with E-state index in [0.717, 1.165) is 38.5 Å². The molecule has 0 aromatic carbocycles. The first-order valence-corrected chi connectivity index (χ1v) is 4.12. The zero-order chi connectivity index (χ0) is 8.23. The van der Waals surface area contributed by atoms with Crippen molar-refractivity contribution in [3.8, 4) is 0 Å². The van der Waals surface area contributed by atoms with Crippen molar-refractivity contribution in [2.24, 2.45) is 0 Å². The molecule has 66 valence electrons. The molecule has 12 heavy (non-hydrogen) atoms. The van der Waals surface area contributed by atoms with Crippen LogP contribution >= 0.6 is 0 Å². The zero-order valence-electron chi connectivity index (χ0n) is 6.90. The fourth-order valence-electron chi connectivity index (χ4n) is 1.30. The summed E-state index contributed by atoms with van der Waals surface area (Å²) in [4.78, 5) is 6.37. The molecule has 4 heteroatoms. The van der Waals surface area contributed by atoms with E-state index in [4.69, 9.17) is 9.15 Å². The van der Waals surface area contributed by atoms with E-state index >= 15 is 0 Å². The molecule has 1 aromatic heterocycles. The van der Waals surface area contributed by atoms with E-state index in [2.05, 4.69) is 9.88 Å². The number of hydrogen-bond donors (Lipinski definition) is 0. The molecule has 0 radical (unpaired) electrons. The van der Waals surface area contributed by atoms with Crippen molar-refractivity contribution in [1.82, 2.24) is 9.88 Å². The minimum atomic E-state index is 0.831. The lowest BCUT2D eigenvalue weighted by atomic mass is 10.3. The topological polar surface area (TPSA) is 38.5 Å². The number of nitrogens with zero attached hydrogens (tertiary/aromatic N) is 2. The standard InChI is InChI=1S/C8H12N2O2/c1-3-11-4-2-10(1)5-8-6-12-7-9-8/h6-7H,1-5H2. The highest BCUT2D eigenvalue weighted by Crippen LogP contribution is 2.03. The Bertz CT molecular complexity index is 217. The van der Waals surface area contributed by atoms with Gasteiger partial charge in [-0.25, -0.2) is 4.98 Å². The molecular formula is C8H12N2O2. The SMILES string of the molecule is c1nc(CN2CCOCC2)co1. The summed E-state index contributed by atoms with van der Waals surface area (Å²) in [5.74, 6) is 0. The molecule has 1 aliphatic heterocycles. The first kappa shape index (κ1) is 7.76. The second-order valence-electron chi connectivity index (χ2n) is 2.87. The fourth-order valence-corrected chi connectivity index (χ4v) is 1.30. The molecule has 0 bridgehead atoms. The molecule has 0 atom stereocenters. The summed E-state index contributed by atoms with van der Waals surface area (Å²) >= 11 is 0. The second kappa shape index (κ2) is 3.69. The van der Waals surface area contributed by atoms with E-state index in [1.807, 2.05) is 0 Å². The highest BCUT2D eigenvalue weighted by Gasteiger charge is 2.11. The normalized spacial score (nSPS) is 19.7. The van der Waals surface area contributed by atoms with E-state index in [-0.39, 0.29) is 0 Å². The Balaban J connectivity index is 1.86. The third-order valence-corrected chi connectivity index (χ3v) is 1.97. The van der Waals surface area contributed by atoms with Gasteiger partial charge in [0.15, 0.2) is 6.39 Å². The molecule has 0 saturated carbocycles. The highest BCUT2D eigenvalue weighted by atomic mass is 16.5. The van der Waals surface area contributed by atoms with Crippen LogP contribution in [0.25, 0.3) is 0 Å². The Labute approximate surface area is 71.1 Å². The Hall–Kier alpha value is -0.870. The van der Waals surface area contributed by atoms with Crippen molar-refractivity contribution in [2.45, 2.75) is 6.54 Å². The molecule has 1 saturated heterocycles. The summed E-state index contributed by atoms with van der Waals surface area (Å²) in [5, 5.41) is 0. The minimum Gasteiger partial charge on any atom is -0.451 e. The van der Waals surface area contributed by atoms with Gasteiger partial charge in [-0.05, 0) is 0 Å². The van der Waals surface area contributed by atoms with Crippen LogP contribution in [0.5, 0.6) is 0 Å². The van der Waals surface area contributed by atoms with Gasteiger partial charge in [-0.2, -0.15) is 0 Å². The van der Waals surface area contributed by atoms with Crippen molar-refractivity contribution >= 4 is 0 Å². The largest absolute Gasteiger partial charge is 0.451 e. The van der Waals surface area contributed by atoms with Crippen molar-refractivity contribution in [3.05, 3.63) is 18.4 Å². The van der Waals surface area contributed by atoms with Crippen LogP contribution in [0.3, 0.4) is 0 Å². The molecule has 1 fully saturated rings. The van der Waals surface area contributed by atoms with Gasteiger partial charge in [0, 0.05) is 19.6 Å². The van der Waals surface area contributed by atoms with Crippen LogP contribution < -0.4 is 0 Å². The van der Waals surface area contributed by atoms with Crippen LogP contribution in [-0.4, -0.2) is 36.2 Å². The fraction of sp³-hybridized carbons (Fsp3) is 0.625. The second-order valence-corrected chi connectivity index (χ2v) is 2.87. The summed E-state index contributed by atoms with van der Waals surface area (Å²) in [7, 11) is 0. The maximum Gasteiger partial charge on any atom is 0.180 e. The lowest BCUT2D eigenvalue weighted by Crippen LogP contribution is -2.35. The minimum absolute atomic E-state index is 0.831. The third-order valence-electron chi connectivity index (χ3n) is 1.97. The van der Waals surface area contributed by atoms with Crippen molar-refractivity contribution in [1.29, 1.82) is 0 Å². The van der Waals surface area contributed by atoms with Crippen molar-refractivity contribution in [3.63, 3.8) is 0 Å². The molecule has 2 rings (SSSR count). The first-order valence-electron chi connectivity index (χ1n) is 4.12. The summed E-state index contributed by atoms with van der Waals surface area (Å²) < 4.78 is 10.1. The summed E-state index contributed by atoms with van der Waals surface area (Å²) in [6.45, 7) is 4.52. The van der Waals surface area contributed by atoms with Gasteiger partial charge in [0.1, 0.15) is 6.26 Å². The van der Waals surface area contributed by atoms with Gasteiger partial charge < -0.3 is 9.15 Å². The van der Waals surface area contributed by atoms with Crippen LogP contribution in [0.4, 0.5) is 0 Å². The summed E-state index contributed by atoms with van der Waals surface area (Å²) in [5.41, 5.74) is 0.997. The summed E-state index contributed by atoms with van der Waals surface area (Å²) in [6.07, 6.45) is 3.16. The van der Waals surface area contributed by atoms with E-state index in [1.165, 1.54) is 6.39 Å². The van der Waals surface area contributed by atoms with Crippen molar-refractivity contribution in [2.75, 3.05) is 26.3 Å². The van der Waals surface area contributed by atoms with Crippen LogP contribution in [0.15, 0.2) is 17.1 Å². The monoisotopic (exact) mass is 168 g/mol. The van der Waals surface area contributed by atoms with E-state index in [0.29, 0.717) is 0 Å². The van der Waals surface area contributed by atoms with Crippen molar-refractivity contribution < 1.29 is 9.15 Å². The molecular weight excluding hydrogens is 156 g/mol. The van der Waals surface area contributed by atoms with Gasteiger partial charge in [-0.1, -0.05) is 0 Å². The van der Waals surface area contributed by atoms with Crippen LogP contribution in [0, 0.1) is 0 Å². The van der Waals surface area contributed by atoms with E-state index < -0.39 is 0 Å². The lowest BCUT2D eigenvalue weighted by Gasteiger charge is -2.25. The molecule has 0 amide bonds. The Morgan fingerprint density at radius 3 is 2.92 bits per heavy atom. The van der Waals surface area contributed by atoms with Crippen LogP contribution in [0.2, 0.25) is 0 Å². The average molecular weight is 168 g/mol. The van der Waals surface area contributed by atoms with Gasteiger partial charge in [0.05, 0.1) is 18.9 Å². The van der Waals surface area contributed by atoms with Gasteiger partial charge in [-0.15, -0.1) is 0 Å². The third kappa shape index (κ3) is 1.84. The molecule has 1 aliphatic rings. The highest BCUT2D eigenvalue weighted by molar-refractivity contribution is 4.90. The number of ether oxygens (including phenoxy) is 1. The molecule has 1 aromatic rings. The molecule has 4 nitrogen and oxygen atoms in total. The Morgan fingerprint density at radius 2 is 2.25 bits per heavy atom. The number of hydrogen-bond acceptors (Lipinski definition) is 4. The maximum absolute atomic E-state index is 5.23. The number of oxazole rings is 1. The molecule has 2 heterocycles. The lowest BCUT2D eigenvalue weighted by molar-refractivity contribution is 0.0336. The Kier molecular flexibility index (Phi) is 2.39. The molecule has 0 spiro atoms. The smallest absolute Gasteiger partial charge is 0.180 e. The first-order chi connectivity index (χ1) is 5.95. The van der Waals surface area contributed by atoms with Gasteiger partial charge in [0.25, 0.3) is 0 Å². The zero-order valence-corrected chi connectivity index (χ0v) is 6.90. The Morgan fingerprint density at radius 1 is 1.42 bits per heavy atom. The number of rotatable bonds is 2. The quantitative estimate of drug-likeness (QED) is 0.644. The molecule has 0 N–H and O–H groups in total. The number of aromatic nitrogens is 1. The molecule has 0 aliphatic carbocycles. The van der Waals surface area contributed by atoms with E-state index in [1.54, 1.807) is 6.26 Å². The average Bonchev–Trinajstić information content (AvgIpc) is 2.59.